The Morgan fingerprint density at radius 3 is 2.77 bits per heavy atom. The number of rotatable bonds is 9. The van der Waals surface area contributed by atoms with Gasteiger partial charge < -0.3 is 10.1 Å². The Bertz CT molecular complexity index is 1080. The lowest BCUT2D eigenvalue weighted by Crippen LogP contribution is -2.27. The molecule has 3 aromatic rings. The van der Waals surface area contributed by atoms with Gasteiger partial charge in [0.1, 0.15) is 5.75 Å². The van der Waals surface area contributed by atoms with Crippen LogP contribution in [0, 0.1) is 5.92 Å². The molecule has 1 amide bonds. The first-order valence-corrected chi connectivity index (χ1v) is 11.0. The van der Waals surface area contributed by atoms with E-state index >= 15 is 0 Å². The molecular weight excluding hydrogens is 398 g/mol. The highest BCUT2D eigenvalue weighted by atomic mass is 32.2. The summed E-state index contributed by atoms with van der Waals surface area (Å²) in [5.74, 6) is 1.30. The SMILES string of the molecule is COc1cccc(CNC(=O)CSc2nc3ccccc3c(=O)n2CCC(C)C)c1. The summed E-state index contributed by atoms with van der Waals surface area (Å²) in [4.78, 5) is 30.0. The monoisotopic (exact) mass is 425 g/mol. The zero-order valence-corrected chi connectivity index (χ0v) is 18.4. The van der Waals surface area contributed by atoms with E-state index in [4.69, 9.17) is 4.74 Å². The van der Waals surface area contributed by atoms with Gasteiger partial charge in [-0.05, 0) is 42.2 Å². The van der Waals surface area contributed by atoms with E-state index in [9.17, 15) is 9.59 Å². The largest absolute Gasteiger partial charge is 0.497 e. The fourth-order valence-electron chi connectivity index (χ4n) is 3.01. The third-order valence-corrected chi connectivity index (χ3v) is 5.69. The van der Waals surface area contributed by atoms with Gasteiger partial charge in [-0.1, -0.05) is 49.9 Å². The van der Waals surface area contributed by atoms with Crippen LogP contribution in [0.15, 0.2) is 58.5 Å². The second-order valence-corrected chi connectivity index (χ2v) is 8.41. The average molecular weight is 426 g/mol. The van der Waals surface area contributed by atoms with E-state index < -0.39 is 0 Å². The lowest BCUT2D eigenvalue weighted by Gasteiger charge is -2.14. The smallest absolute Gasteiger partial charge is 0.262 e. The van der Waals surface area contributed by atoms with Crippen molar-refractivity contribution in [1.82, 2.24) is 14.9 Å². The summed E-state index contributed by atoms with van der Waals surface area (Å²) >= 11 is 1.29. The molecule has 0 aliphatic heterocycles. The predicted octanol–water partition coefficient (Wildman–Crippen LogP) is 3.86. The van der Waals surface area contributed by atoms with E-state index in [1.165, 1.54) is 11.8 Å². The van der Waals surface area contributed by atoms with Crippen LogP contribution >= 0.6 is 11.8 Å². The number of carbonyl (C=O) groups excluding carboxylic acids is 1. The molecule has 1 heterocycles. The second-order valence-electron chi connectivity index (χ2n) is 7.47. The zero-order valence-electron chi connectivity index (χ0n) is 17.6. The van der Waals surface area contributed by atoms with Gasteiger partial charge in [0.2, 0.25) is 5.91 Å². The zero-order chi connectivity index (χ0) is 21.5. The first-order chi connectivity index (χ1) is 14.5. The second kappa shape index (κ2) is 10.3. The summed E-state index contributed by atoms with van der Waals surface area (Å²) in [5, 5.41) is 4.10. The van der Waals surface area contributed by atoms with Crippen molar-refractivity contribution in [3.63, 3.8) is 0 Å². The molecule has 0 unspecified atom stereocenters. The number of nitrogens with zero attached hydrogens (tertiary/aromatic N) is 2. The van der Waals surface area contributed by atoms with Gasteiger partial charge in [-0.25, -0.2) is 4.98 Å². The third kappa shape index (κ3) is 5.63. The number of benzene rings is 2. The molecule has 30 heavy (non-hydrogen) atoms. The van der Waals surface area contributed by atoms with Gasteiger partial charge >= 0.3 is 0 Å². The van der Waals surface area contributed by atoms with Crippen LogP contribution < -0.4 is 15.6 Å². The molecule has 2 aromatic carbocycles. The topological polar surface area (TPSA) is 73.2 Å². The Morgan fingerprint density at radius 1 is 1.20 bits per heavy atom. The number of hydrogen-bond donors (Lipinski definition) is 1. The Balaban J connectivity index is 1.71. The molecule has 0 radical (unpaired) electrons. The lowest BCUT2D eigenvalue weighted by molar-refractivity contribution is -0.118. The van der Waals surface area contributed by atoms with Crippen LogP contribution in [0.25, 0.3) is 10.9 Å². The molecule has 0 atom stereocenters. The standard InChI is InChI=1S/C23H27N3O3S/c1-16(2)11-12-26-22(28)19-9-4-5-10-20(19)25-23(26)30-15-21(27)24-14-17-7-6-8-18(13-17)29-3/h4-10,13,16H,11-12,14-15H2,1-3H3,(H,24,27). The van der Waals surface area contributed by atoms with Crippen LogP contribution in [0.4, 0.5) is 0 Å². The highest BCUT2D eigenvalue weighted by molar-refractivity contribution is 7.99. The molecule has 3 rings (SSSR count). The molecule has 1 aromatic heterocycles. The highest BCUT2D eigenvalue weighted by Gasteiger charge is 2.13. The minimum absolute atomic E-state index is 0.0551. The number of aromatic nitrogens is 2. The number of methoxy groups -OCH3 is 1. The van der Waals surface area contributed by atoms with Crippen molar-refractivity contribution < 1.29 is 9.53 Å². The maximum atomic E-state index is 13.0. The maximum absolute atomic E-state index is 13.0. The fourth-order valence-corrected chi connectivity index (χ4v) is 3.86. The first-order valence-electron chi connectivity index (χ1n) is 10.00. The molecule has 0 aliphatic carbocycles. The Hall–Kier alpha value is -2.80. The predicted molar refractivity (Wildman–Crippen MR) is 121 cm³/mol. The summed E-state index contributed by atoms with van der Waals surface area (Å²) in [6.45, 7) is 5.25. The van der Waals surface area contributed by atoms with Crippen LogP contribution in [-0.4, -0.2) is 28.3 Å². The van der Waals surface area contributed by atoms with Crippen molar-refractivity contribution in [1.29, 1.82) is 0 Å². The summed E-state index contributed by atoms with van der Waals surface area (Å²) in [7, 11) is 1.61. The van der Waals surface area contributed by atoms with Crippen LogP contribution in [0.2, 0.25) is 0 Å². The number of carbonyl (C=O) groups is 1. The molecule has 0 fully saturated rings. The Morgan fingerprint density at radius 2 is 2.00 bits per heavy atom. The minimum Gasteiger partial charge on any atom is -0.497 e. The molecule has 0 saturated carbocycles. The van der Waals surface area contributed by atoms with Crippen molar-refractivity contribution in [2.24, 2.45) is 5.92 Å². The van der Waals surface area contributed by atoms with Crippen LogP contribution in [-0.2, 0) is 17.9 Å². The van der Waals surface area contributed by atoms with E-state index in [2.05, 4.69) is 24.1 Å². The number of fused-ring (bicyclic) bond motifs is 1. The number of para-hydroxylation sites is 1. The number of amides is 1. The maximum Gasteiger partial charge on any atom is 0.262 e. The van der Waals surface area contributed by atoms with Gasteiger partial charge in [0.15, 0.2) is 5.16 Å². The summed E-state index contributed by atoms with van der Waals surface area (Å²) in [5.41, 5.74) is 1.56. The quantitative estimate of drug-likeness (QED) is 0.416. The number of ether oxygens (including phenoxy) is 1. The van der Waals surface area contributed by atoms with E-state index in [1.54, 1.807) is 17.7 Å². The van der Waals surface area contributed by atoms with Crippen LogP contribution in [0.3, 0.4) is 0 Å². The van der Waals surface area contributed by atoms with Gasteiger partial charge in [0, 0.05) is 13.1 Å². The number of hydrogen-bond acceptors (Lipinski definition) is 5. The molecule has 7 heteroatoms. The Kier molecular flexibility index (Phi) is 7.52. The van der Waals surface area contributed by atoms with Crippen molar-refractivity contribution in [3.05, 3.63) is 64.4 Å². The molecular formula is C23H27N3O3S. The van der Waals surface area contributed by atoms with E-state index in [0.717, 1.165) is 17.7 Å². The number of thioether (sulfide) groups is 1. The molecule has 1 N–H and O–H groups in total. The third-order valence-electron chi connectivity index (χ3n) is 4.71. The van der Waals surface area contributed by atoms with Gasteiger partial charge in [0.25, 0.3) is 5.56 Å². The average Bonchev–Trinajstić information content (AvgIpc) is 2.75. The molecule has 6 nitrogen and oxygen atoms in total. The van der Waals surface area contributed by atoms with Gasteiger partial charge in [-0.2, -0.15) is 0 Å². The summed E-state index contributed by atoms with van der Waals surface area (Å²) in [6.07, 6.45) is 0.871. The molecule has 158 valence electrons. The molecule has 0 spiro atoms. The van der Waals surface area contributed by atoms with Crippen molar-refractivity contribution in [2.45, 2.75) is 38.5 Å². The molecule has 0 saturated heterocycles. The normalized spacial score (nSPS) is 11.1. The first kappa shape index (κ1) is 21.9. The van der Waals surface area contributed by atoms with E-state index in [0.29, 0.717) is 35.1 Å². The lowest BCUT2D eigenvalue weighted by atomic mass is 10.1. The fraction of sp³-hybridized carbons (Fsp3) is 0.348. The Labute approximate surface area is 180 Å². The van der Waals surface area contributed by atoms with Gasteiger partial charge in [-0.15, -0.1) is 0 Å². The highest BCUT2D eigenvalue weighted by Crippen LogP contribution is 2.19. The summed E-state index contributed by atoms with van der Waals surface area (Å²) in [6, 6.07) is 14.9. The van der Waals surface area contributed by atoms with Crippen LogP contribution in [0.5, 0.6) is 5.75 Å². The van der Waals surface area contributed by atoms with E-state index in [-0.39, 0.29) is 17.2 Å². The molecule has 0 aliphatic rings. The molecule has 0 bridgehead atoms. The van der Waals surface area contributed by atoms with Crippen molar-refractivity contribution >= 4 is 28.6 Å². The number of nitrogens with one attached hydrogen (secondary N) is 1. The van der Waals surface area contributed by atoms with Gasteiger partial charge in [-0.3, -0.25) is 14.2 Å². The van der Waals surface area contributed by atoms with Crippen LogP contribution in [0.1, 0.15) is 25.8 Å². The minimum atomic E-state index is -0.111. The van der Waals surface area contributed by atoms with Gasteiger partial charge in [0.05, 0.1) is 23.8 Å². The van der Waals surface area contributed by atoms with Crippen molar-refractivity contribution in [2.75, 3.05) is 12.9 Å². The van der Waals surface area contributed by atoms with E-state index in [1.807, 2.05) is 42.5 Å². The van der Waals surface area contributed by atoms with Crippen molar-refractivity contribution in [3.8, 4) is 5.75 Å². The summed E-state index contributed by atoms with van der Waals surface area (Å²) < 4.78 is 6.91.